The first-order valence-electron chi connectivity index (χ1n) is 5.91. The van der Waals surface area contributed by atoms with E-state index in [0.29, 0.717) is 4.99 Å². The van der Waals surface area contributed by atoms with Crippen molar-refractivity contribution in [2.75, 3.05) is 18.5 Å². The van der Waals surface area contributed by atoms with Crippen LogP contribution in [0.1, 0.15) is 19.4 Å². The summed E-state index contributed by atoms with van der Waals surface area (Å²) >= 11 is 8.43. The summed E-state index contributed by atoms with van der Waals surface area (Å²) in [6, 6.07) is 5.77. The van der Waals surface area contributed by atoms with Crippen LogP contribution in [0.25, 0.3) is 0 Å². The SMILES string of the molecule is CC(C)NC(=O)CN(C)c1ccc(Br)cc1C(N)=S. The van der Waals surface area contributed by atoms with Crippen LogP contribution in [0.4, 0.5) is 5.69 Å². The Kier molecular flexibility index (Phi) is 5.75. The highest BCUT2D eigenvalue weighted by molar-refractivity contribution is 9.10. The molecule has 0 radical (unpaired) electrons. The zero-order valence-corrected chi connectivity index (χ0v) is 13.6. The Hall–Kier alpha value is -1.14. The lowest BCUT2D eigenvalue weighted by Gasteiger charge is -2.22. The molecule has 0 aromatic heterocycles. The molecule has 1 rings (SSSR count). The topological polar surface area (TPSA) is 58.4 Å². The van der Waals surface area contributed by atoms with Gasteiger partial charge < -0.3 is 16.0 Å². The first-order valence-corrected chi connectivity index (χ1v) is 7.11. The maximum atomic E-state index is 11.8. The van der Waals surface area contributed by atoms with Gasteiger partial charge in [-0.1, -0.05) is 28.1 Å². The molecule has 0 unspecified atom stereocenters. The highest BCUT2D eigenvalue weighted by atomic mass is 79.9. The van der Waals surface area contributed by atoms with E-state index in [1.165, 1.54) is 0 Å². The van der Waals surface area contributed by atoms with Crippen LogP contribution < -0.4 is 16.0 Å². The molecule has 0 fully saturated rings. The van der Waals surface area contributed by atoms with E-state index in [9.17, 15) is 4.79 Å². The minimum atomic E-state index is -0.0330. The Morgan fingerprint density at radius 1 is 1.53 bits per heavy atom. The predicted molar refractivity (Wildman–Crippen MR) is 86.6 cm³/mol. The molecule has 19 heavy (non-hydrogen) atoms. The number of thiocarbonyl (C=S) groups is 1. The third-order valence-corrected chi connectivity index (χ3v) is 3.18. The van der Waals surface area contributed by atoms with Crippen molar-refractivity contribution < 1.29 is 4.79 Å². The summed E-state index contributed by atoms with van der Waals surface area (Å²) in [6.45, 7) is 4.12. The van der Waals surface area contributed by atoms with E-state index < -0.39 is 0 Å². The van der Waals surface area contributed by atoms with Crippen molar-refractivity contribution in [2.24, 2.45) is 5.73 Å². The van der Waals surface area contributed by atoms with Crippen LogP contribution in [0.3, 0.4) is 0 Å². The van der Waals surface area contributed by atoms with E-state index in [1.807, 2.05) is 44.0 Å². The van der Waals surface area contributed by atoms with Crippen LogP contribution in [0.15, 0.2) is 22.7 Å². The minimum Gasteiger partial charge on any atom is -0.389 e. The zero-order chi connectivity index (χ0) is 14.6. The largest absolute Gasteiger partial charge is 0.389 e. The van der Waals surface area contributed by atoms with Crippen molar-refractivity contribution in [3.63, 3.8) is 0 Å². The van der Waals surface area contributed by atoms with Gasteiger partial charge in [-0.15, -0.1) is 0 Å². The van der Waals surface area contributed by atoms with E-state index in [1.54, 1.807) is 0 Å². The molecule has 0 atom stereocenters. The monoisotopic (exact) mass is 343 g/mol. The maximum absolute atomic E-state index is 11.8. The number of amides is 1. The fraction of sp³-hybridized carbons (Fsp3) is 0.385. The average molecular weight is 344 g/mol. The first-order chi connectivity index (χ1) is 8.81. The number of hydrogen-bond acceptors (Lipinski definition) is 3. The van der Waals surface area contributed by atoms with E-state index in [2.05, 4.69) is 21.2 Å². The van der Waals surface area contributed by atoms with Crippen LogP contribution >= 0.6 is 28.1 Å². The lowest BCUT2D eigenvalue weighted by atomic mass is 10.1. The highest BCUT2D eigenvalue weighted by Crippen LogP contribution is 2.23. The summed E-state index contributed by atoms with van der Waals surface area (Å²) in [4.78, 5) is 13.9. The van der Waals surface area contributed by atoms with Crippen molar-refractivity contribution in [3.8, 4) is 0 Å². The maximum Gasteiger partial charge on any atom is 0.239 e. The molecule has 6 heteroatoms. The Morgan fingerprint density at radius 2 is 2.16 bits per heavy atom. The third-order valence-electron chi connectivity index (χ3n) is 2.47. The number of anilines is 1. The molecule has 1 amide bonds. The molecule has 0 aliphatic carbocycles. The van der Waals surface area contributed by atoms with Gasteiger partial charge in [0.05, 0.1) is 6.54 Å². The Bertz CT molecular complexity index is 491. The van der Waals surface area contributed by atoms with E-state index in [4.69, 9.17) is 18.0 Å². The van der Waals surface area contributed by atoms with Gasteiger partial charge >= 0.3 is 0 Å². The van der Waals surface area contributed by atoms with Gasteiger partial charge in [-0.25, -0.2) is 0 Å². The second-order valence-corrected chi connectivity index (χ2v) is 5.96. The van der Waals surface area contributed by atoms with Gasteiger partial charge in [-0.2, -0.15) is 0 Å². The van der Waals surface area contributed by atoms with E-state index >= 15 is 0 Å². The molecule has 4 nitrogen and oxygen atoms in total. The van der Waals surface area contributed by atoms with Gasteiger partial charge in [0, 0.05) is 28.8 Å². The summed E-state index contributed by atoms with van der Waals surface area (Å²) < 4.78 is 0.902. The highest BCUT2D eigenvalue weighted by Gasteiger charge is 2.13. The van der Waals surface area contributed by atoms with Crippen molar-refractivity contribution in [1.29, 1.82) is 0 Å². The molecule has 0 aliphatic rings. The molecule has 0 heterocycles. The second-order valence-electron chi connectivity index (χ2n) is 4.60. The van der Waals surface area contributed by atoms with E-state index in [-0.39, 0.29) is 18.5 Å². The first kappa shape index (κ1) is 15.9. The molecule has 104 valence electrons. The van der Waals surface area contributed by atoms with Crippen LogP contribution in [0.5, 0.6) is 0 Å². The number of carbonyl (C=O) groups excluding carboxylic acids is 1. The second kappa shape index (κ2) is 6.86. The smallest absolute Gasteiger partial charge is 0.239 e. The molecule has 1 aromatic carbocycles. The molecule has 0 saturated heterocycles. The fourth-order valence-electron chi connectivity index (χ4n) is 1.71. The molecule has 1 aromatic rings. The Morgan fingerprint density at radius 3 is 2.68 bits per heavy atom. The molecule has 0 aliphatic heterocycles. The van der Waals surface area contributed by atoms with Crippen molar-refractivity contribution in [3.05, 3.63) is 28.2 Å². The van der Waals surface area contributed by atoms with Gasteiger partial charge in [-0.3, -0.25) is 4.79 Å². The summed E-state index contributed by atoms with van der Waals surface area (Å²) in [6.07, 6.45) is 0. The summed E-state index contributed by atoms with van der Waals surface area (Å²) in [5.74, 6) is -0.0330. The molecular weight excluding hydrogens is 326 g/mol. The fourth-order valence-corrected chi connectivity index (χ4v) is 2.23. The van der Waals surface area contributed by atoms with Crippen LogP contribution in [0, 0.1) is 0 Å². The number of halogens is 1. The molecule has 0 saturated carbocycles. The average Bonchev–Trinajstić information content (AvgIpc) is 2.27. The molecule has 0 bridgehead atoms. The van der Waals surface area contributed by atoms with Gasteiger partial charge in [0.25, 0.3) is 0 Å². The van der Waals surface area contributed by atoms with Crippen LogP contribution in [0.2, 0.25) is 0 Å². The molecule has 0 spiro atoms. The van der Waals surface area contributed by atoms with Crippen LogP contribution in [-0.4, -0.2) is 30.5 Å². The predicted octanol–water partition coefficient (Wildman–Crippen LogP) is 2.04. The summed E-state index contributed by atoms with van der Waals surface area (Å²) in [5.41, 5.74) is 7.31. The third kappa shape index (κ3) is 4.80. The quantitative estimate of drug-likeness (QED) is 0.803. The number of benzene rings is 1. The number of rotatable bonds is 5. The lowest BCUT2D eigenvalue weighted by Crippen LogP contribution is -2.39. The van der Waals surface area contributed by atoms with Crippen molar-refractivity contribution in [1.82, 2.24) is 5.32 Å². The summed E-state index contributed by atoms with van der Waals surface area (Å²) in [7, 11) is 1.84. The van der Waals surface area contributed by atoms with Crippen LogP contribution in [-0.2, 0) is 4.79 Å². The number of hydrogen-bond donors (Lipinski definition) is 2. The number of nitrogens with zero attached hydrogens (tertiary/aromatic N) is 1. The van der Waals surface area contributed by atoms with E-state index in [0.717, 1.165) is 15.7 Å². The molecular formula is C13H18BrN3OS. The normalized spacial score (nSPS) is 10.4. The minimum absolute atomic E-state index is 0.0330. The number of nitrogens with two attached hydrogens (primary N) is 1. The molecule has 3 N–H and O–H groups in total. The Balaban J connectivity index is 2.90. The standard InChI is InChI=1S/C13H18BrN3OS/c1-8(2)16-12(18)7-17(3)11-5-4-9(14)6-10(11)13(15)19/h4-6,8H,7H2,1-3H3,(H2,15,19)(H,16,18). The number of likely N-dealkylation sites (N-methyl/N-ethyl adjacent to an activating group) is 1. The lowest BCUT2D eigenvalue weighted by molar-refractivity contribution is -0.120. The number of carbonyl (C=O) groups is 1. The van der Waals surface area contributed by atoms with Crippen molar-refractivity contribution >= 4 is 44.7 Å². The van der Waals surface area contributed by atoms with Gasteiger partial charge in [-0.05, 0) is 32.0 Å². The number of nitrogens with one attached hydrogen (secondary N) is 1. The van der Waals surface area contributed by atoms with Gasteiger partial charge in [0.15, 0.2) is 0 Å². The van der Waals surface area contributed by atoms with Gasteiger partial charge in [0.1, 0.15) is 4.99 Å². The zero-order valence-electron chi connectivity index (χ0n) is 11.2. The summed E-state index contributed by atoms with van der Waals surface area (Å²) in [5, 5.41) is 2.85. The van der Waals surface area contributed by atoms with Crippen molar-refractivity contribution in [2.45, 2.75) is 19.9 Å². The Labute approximate surface area is 127 Å². The van der Waals surface area contributed by atoms with Gasteiger partial charge in [0.2, 0.25) is 5.91 Å².